The first kappa shape index (κ1) is 10.4. The minimum Gasteiger partial charge on any atom is -0.478 e. The van der Waals surface area contributed by atoms with E-state index in [1.807, 2.05) is 0 Å². The van der Waals surface area contributed by atoms with Crippen molar-refractivity contribution in [3.05, 3.63) is 28.0 Å². The smallest absolute Gasteiger partial charge is 0.338 e. The third kappa shape index (κ3) is 1.47. The summed E-state index contributed by atoms with van der Waals surface area (Å²) in [5, 5.41) is 17.9. The van der Waals surface area contributed by atoms with E-state index < -0.39 is 11.9 Å². The quantitative estimate of drug-likeness (QED) is 0.595. The summed E-state index contributed by atoms with van der Waals surface area (Å²) >= 11 is 4.82. The van der Waals surface area contributed by atoms with E-state index in [2.05, 4.69) is 9.97 Å². The fraction of sp³-hybridized carbons (Fsp3) is 0. The maximum atomic E-state index is 11.0. The standard InChI is InChI=1S/C9H6N2O4S/c12-7(13)3-1-2-4-6(5(3)8(14)15)11-9(16)10-4/h1-2H,(H,12,13)(H,14,15)(H2,10,11,16). The number of aromatic amines is 2. The largest absolute Gasteiger partial charge is 0.478 e. The average Bonchev–Trinajstić information content (AvgIpc) is 2.55. The van der Waals surface area contributed by atoms with Gasteiger partial charge in [0.1, 0.15) is 0 Å². The van der Waals surface area contributed by atoms with Crippen molar-refractivity contribution in [2.24, 2.45) is 0 Å². The lowest BCUT2D eigenvalue weighted by Crippen LogP contribution is -2.08. The van der Waals surface area contributed by atoms with Crippen LogP contribution in [0.3, 0.4) is 0 Å². The number of benzene rings is 1. The minimum absolute atomic E-state index is 0.192. The number of aromatic carboxylic acids is 2. The van der Waals surface area contributed by atoms with Gasteiger partial charge in [-0.05, 0) is 24.4 Å². The molecule has 0 spiro atoms. The molecule has 0 radical (unpaired) electrons. The number of carboxylic acid groups (broad SMARTS) is 2. The Morgan fingerprint density at radius 1 is 1.12 bits per heavy atom. The molecule has 0 saturated heterocycles. The van der Waals surface area contributed by atoms with Gasteiger partial charge in [-0.2, -0.15) is 0 Å². The zero-order valence-corrected chi connectivity index (χ0v) is 8.59. The number of carbonyl (C=O) groups is 2. The van der Waals surface area contributed by atoms with E-state index in [9.17, 15) is 9.59 Å². The molecule has 0 bridgehead atoms. The molecule has 16 heavy (non-hydrogen) atoms. The van der Waals surface area contributed by atoms with Crippen LogP contribution in [-0.4, -0.2) is 32.1 Å². The van der Waals surface area contributed by atoms with Gasteiger partial charge in [-0.3, -0.25) is 0 Å². The second-order valence-corrected chi connectivity index (χ2v) is 3.51. The van der Waals surface area contributed by atoms with Crippen LogP contribution in [0, 0.1) is 4.77 Å². The van der Waals surface area contributed by atoms with Crippen LogP contribution in [0.5, 0.6) is 0 Å². The fourth-order valence-corrected chi connectivity index (χ4v) is 1.72. The molecule has 1 aromatic carbocycles. The normalized spacial score (nSPS) is 10.5. The van der Waals surface area contributed by atoms with Crippen molar-refractivity contribution in [3.63, 3.8) is 0 Å². The lowest BCUT2D eigenvalue weighted by molar-refractivity contribution is 0.0653. The lowest BCUT2D eigenvalue weighted by Gasteiger charge is -2.01. The van der Waals surface area contributed by atoms with Gasteiger partial charge < -0.3 is 20.2 Å². The topological polar surface area (TPSA) is 106 Å². The van der Waals surface area contributed by atoms with Crippen molar-refractivity contribution in [2.45, 2.75) is 0 Å². The highest BCUT2D eigenvalue weighted by Crippen LogP contribution is 2.20. The molecule has 0 amide bonds. The molecular weight excluding hydrogens is 232 g/mol. The van der Waals surface area contributed by atoms with Crippen molar-refractivity contribution in [1.29, 1.82) is 0 Å². The van der Waals surface area contributed by atoms with Crippen molar-refractivity contribution < 1.29 is 19.8 Å². The number of H-pyrrole nitrogens is 2. The van der Waals surface area contributed by atoms with Gasteiger partial charge in [0, 0.05) is 0 Å². The minimum atomic E-state index is -1.31. The first-order valence-corrected chi connectivity index (χ1v) is 4.63. The molecule has 0 aliphatic carbocycles. The molecule has 0 fully saturated rings. The Morgan fingerprint density at radius 2 is 1.81 bits per heavy atom. The van der Waals surface area contributed by atoms with E-state index in [1.54, 1.807) is 0 Å². The maximum absolute atomic E-state index is 11.0. The summed E-state index contributed by atoms with van der Waals surface area (Å²) in [4.78, 5) is 27.2. The number of carboxylic acids is 2. The highest BCUT2D eigenvalue weighted by atomic mass is 32.1. The van der Waals surface area contributed by atoms with E-state index in [-0.39, 0.29) is 21.4 Å². The van der Waals surface area contributed by atoms with Gasteiger partial charge in [0.2, 0.25) is 0 Å². The van der Waals surface area contributed by atoms with Gasteiger partial charge in [-0.25, -0.2) is 9.59 Å². The van der Waals surface area contributed by atoms with E-state index in [0.29, 0.717) is 5.52 Å². The molecule has 4 N–H and O–H groups in total. The molecule has 82 valence electrons. The zero-order valence-electron chi connectivity index (χ0n) is 7.77. The molecule has 0 unspecified atom stereocenters. The van der Waals surface area contributed by atoms with Crippen LogP contribution in [0.15, 0.2) is 12.1 Å². The van der Waals surface area contributed by atoms with Crippen LogP contribution in [-0.2, 0) is 0 Å². The molecule has 2 rings (SSSR count). The number of nitrogens with one attached hydrogen (secondary N) is 2. The van der Waals surface area contributed by atoms with Crippen LogP contribution in [0.25, 0.3) is 11.0 Å². The molecule has 1 aromatic heterocycles. The Balaban J connectivity index is 2.94. The summed E-state index contributed by atoms with van der Waals surface area (Å²) in [7, 11) is 0. The number of hydrogen-bond donors (Lipinski definition) is 4. The van der Waals surface area contributed by atoms with Crippen LogP contribution in [0.1, 0.15) is 20.7 Å². The molecule has 7 heteroatoms. The van der Waals surface area contributed by atoms with Crippen LogP contribution in [0.4, 0.5) is 0 Å². The zero-order chi connectivity index (χ0) is 11.9. The number of imidazole rings is 1. The summed E-state index contributed by atoms with van der Waals surface area (Å²) in [6.45, 7) is 0. The molecule has 0 aliphatic heterocycles. The Hall–Kier alpha value is -2.15. The van der Waals surface area contributed by atoms with E-state index >= 15 is 0 Å². The van der Waals surface area contributed by atoms with Crippen LogP contribution >= 0.6 is 12.2 Å². The number of rotatable bonds is 2. The molecule has 0 atom stereocenters. The Kier molecular flexibility index (Phi) is 2.24. The molecule has 6 nitrogen and oxygen atoms in total. The summed E-state index contributed by atoms with van der Waals surface area (Å²) < 4.78 is 0.250. The number of fused-ring (bicyclic) bond motifs is 1. The maximum Gasteiger partial charge on any atom is 0.338 e. The Labute approximate surface area is 93.5 Å². The second-order valence-electron chi connectivity index (χ2n) is 3.10. The summed E-state index contributed by atoms with van der Waals surface area (Å²) in [5.74, 6) is -2.60. The van der Waals surface area contributed by atoms with Crippen LogP contribution in [0.2, 0.25) is 0 Å². The third-order valence-electron chi connectivity index (χ3n) is 2.14. The second kappa shape index (κ2) is 3.46. The SMILES string of the molecule is O=C(O)c1ccc2[nH]c(=S)[nH]c2c1C(=O)O. The van der Waals surface area contributed by atoms with E-state index in [4.69, 9.17) is 22.4 Å². The number of aromatic nitrogens is 2. The molecule has 1 heterocycles. The summed E-state index contributed by atoms with van der Waals surface area (Å²) in [5.41, 5.74) is 0.0902. The fourth-order valence-electron chi connectivity index (χ4n) is 1.50. The first-order valence-electron chi connectivity index (χ1n) is 4.22. The molecule has 0 aliphatic rings. The molecular formula is C9H6N2O4S. The highest BCUT2D eigenvalue weighted by Gasteiger charge is 2.20. The van der Waals surface area contributed by atoms with Gasteiger partial charge >= 0.3 is 11.9 Å². The van der Waals surface area contributed by atoms with Gasteiger partial charge in [-0.15, -0.1) is 0 Å². The van der Waals surface area contributed by atoms with E-state index in [0.717, 1.165) is 0 Å². The van der Waals surface area contributed by atoms with Gasteiger partial charge in [-0.1, -0.05) is 0 Å². The molecule has 0 saturated carbocycles. The van der Waals surface area contributed by atoms with E-state index in [1.165, 1.54) is 12.1 Å². The average molecular weight is 238 g/mol. The monoisotopic (exact) mass is 238 g/mol. The highest BCUT2D eigenvalue weighted by molar-refractivity contribution is 7.71. The van der Waals surface area contributed by atoms with Crippen LogP contribution < -0.4 is 0 Å². The van der Waals surface area contributed by atoms with Crippen molar-refractivity contribution in [1.82, 2.24) is 9.97 Å². The Morgan fingerprint density at radius 3 is 2.38 bits per heavy atom. The molecule has 2 aromatic rings. The van der Waals surface area contributed by atoms with Gasteiger partial charge in [0.15, 0.2) is 4.77 Å². The Bertz CT molecular complexity index is 655. The van der Waals surface area contributed by atoms with Crippen molar-refractivity contribution in [2.75, 3.05) is 0 Å². The van der Waals surface area contributed by atoms with Gasteiger partial charge in [0.25, 0.3) is 0 Å². The van der Waals surface area contributed by atoms with Crippen molar-refractivity contribution in [3.8, 4) is 0 Å². The van der Waals surface area contributed by atoms with Gasteiger partial charge in [0.05, 0.1) is 22.2 Å². The number of hydrogen-bond acceptors (Lipinski definition) is 3. The first-order chi connectivity index (χ1) is 7.50. The lowest BCUT2D eigenvalue weighted by atomic mass is 10.1. The predicted octanol–water partition coefficient (Wildman–Crippen LogP) is 1.62. The van der Waals surface area contributed by atoms with Crippen molar-refractivity contribution >= 4 is 35.2 Å². The third-order valence-corrected chi connectivity index (χ3v) is 2.34. The summed E-state index contributed by atoms with van der Waals surface area (Å²) in [6.07, 6.45) is 0. The summed E-state index contributed by atoms with van der Waals surface area (Å²) in [6, 6.07) is 2.70. The predicted molar refractivity (Wildman–Crippen MR) is 57.4 cm³/mol.